The van der Waals surface area contributed by atoms with Gasteiger partial charge in [0.25, 0.3) is 0 Å². The van der Waals surface area contributed by atoms with Gasteiger partial charge in [0.1, 0.15) is 11.8 Å². The minimum atomic E-state index is -1.09. The monoisotopic (exact) mass is 474 g/mol. The summed E-state index contributed by atoms with van der Waals surface area (Å²) in [4.78, 5) is 0. The fraction of sp³-hybridized carbons (Fsp3) is 0.741. The summed E-state index contributed by atoms with van der Waals surface area (Å²) in [7, 11) is 3.63. The molecule has 1 saturated heterocycles. The van der Waals surface area contributed by atoms with E-state index in [1.165, 1.54) is 0 Å². The minimum absolute atomic E-state index is 0.0519. The number of hydrogen-bond acceptors (Lipinski definition) is 6. The summed E-state index contributed by atoms with van der Waals surface area (Å²) >= 11 is 0. The first-order valence-corrected chi connectivity index (χ1v) is 12.5. The van der Waals surface area contributed by atoms with Gasteiger partial charge in [-0.3, -0.25) is 0 Å². The maximum Gasteiger partial charge on any atom is 0.164 e. The third kappa shape index (κ3) is 3.03. The van der Waals surface area contributed by atoms with Crippen molar-refractivity contribution in [2.24, 2.45) is 33.7 Å². The molecule has 0 bridgehead atoms. The smallest absolute Gasteiger partial charge is 0.164 e. The van der Waals surface area contributed by atoms with Gasteiger partial charge < -0.3 is 24.7 Å². The Labute approximate surface area is 202 Å². The van der Waals surface area contributed by atoms with Crippen LogP contribution in [0.4, 0.5) is 4.39 Å². The van der Waals surface area contributed by atoms with Gasteiger partial charge in [0.2, 0.25) is 0 Å². The second-order valence-electron chi connectivity index (χ2n) is 12.1. The molecule has 7 heteroatoms. The maximum atomic E-state index is 15.8. The van der Waals surface area contributed by atoms with Gasteiger partial charge in [-0.1, -0.05) is 38.7 Å². The Hall–Kier alpha value is -1.54. The van der Waals surface area contributed by atoms with Crippen LogP contribution in [0.15, 0.2) is 41.1 Å². The van der Waals surface area contributed by atoms with E-state index < -0.39 is 34.5 Å². The average Bonchev–Trinajstić information content (AvgIpc) is 3.13. The Morgan fingerprint density at radius 3 is 2.62 bits per heavy atom. The molecule has 5 aliphatic rings. The Morgan fingerprint density at radius 2 is 1.97 bits per heavy atom. The molecular formula is C27H39FN2O4. The molecule has 0 radical (unpaired) electrons. The largest absolute Gasteiger partial charge is 0.393 e. The number of aliphatic hydroxyl groups is 2. The number of allylic oxidation sites excluding steroid dienone is 5. The zero-order chi connectivity index (χ0) is 24.8. The second-order valence-corrected chi connectivity index (χ2v) is 12.1. The molecule has 9 atom stereocenters. The van der Waals surface area contributed by atoms with Gasteiger partial charge in [-0.2, -0.15) is 5.10 Å². The van der Waals surface area contributed by atoms with Crippen molar-refractivity contribution < 1.29 is 24.1 Å². The fourth-order valence-corrected chi connectivity index (χ4v) is 8.49. The van der Waals surface area contributed by atoms with Crippen molar-refractivity contribution in [3.8, 4) is 0 Å². The summed E-state index contributed by atoms with van der Waals surface area (Å²) < 4.78 is 28.9. The highest BCUT2D eigenvalue weighted by molar-refractivity contribution is 5.96. The molecule has 5 rings (SSSR count). The topological polar surface area (TPSA) is 74.5 Å². The average molecular weight is 475 g/mol. The van der Waals surface area contributed by atoms with Gasteiger partial charge in [0.05, 0.1) is 24.5 Å². The normalized spacial score (nSPS) is 49.1. The minimum Gasteiger partial charge on any atom is -0.393 e. The third-order valence-corrected chi connectivity index (χ3v) is 9.46. The van der Waals surface area contributed by atoms with Gasteiger partial charge in [0, 0.05) is 30.8 Å². The highest BCUT2D eigenvalue weighted by atomic mass is 19.1. The van der Waals surface area contributed by atoms with Gasteiger partial charge in [-0.05, 0) is 56.1 Å². The van der Waals surface area contributed by atoms with Crippen molar-refractivity contribution in [1.29, 1.82) is 0 Å². The van der Waals surface area contributed by atoms with Crippen molar-refractivity contribution in [1.82, 2.24) is 5.01 Å². The first kappa shape index (κ1) is 24.2. The zero-order valence-electron chi connectivity index (χ0n) is 21.2. The second kappa shape index (κ2) is 7.48. The third-order valence-electron chi connectivity index (χ3n) is 9.46. The quantitative estimate of drug-likeness (QED) is 0.483. The molecular weight excluding hydrogens is 435 g/mol. The van der Waals surface area contributed by atoms with Gasteiger partial charge >= 0.3 is 0 Å². The van der Waals surface area contributed by atoms with Gasteiger partial charge in [-0.15, -0.1) is 0 Å². The van der Waals surface area contributed by atoms with Crippen LogP contribution in [0, 0.1) is 28.6 Å². The predicted octanol–water partition coefficient (Wildman–Crippen LogP) is 3.61. The van der Waals surface area contributed by atoms with E-state index in [9.17, 15) is 10.2 Å². The van der Waals surface area contributed by atoms with Crippen LogP contribution in [0.25, 0.3) is 0 Å². The number of ether oxygens (including phenoxy) is 2. The Kier molecular flexibility index (Phi) is 5.32. The van der Waals surface area contributed by atoms with Gasteiger partial charge in [-0.25, -0.2) is 4.39 Å². The van der Waals surface area contributed by atoms with Crippen LogP contribution < -0.4 is 0 Å². The summed E-state index contributed by atoms with van der Waals surface area (Å²) in [5, 5.41) is 28.6. The number of fused-ring (bicyclic) bond motifs is 7. The van der Waals surface area contributed by atoms with Crippen LogP contribution in [0.3, 0.4) is 0 Å². The van der Waals surface area contributed by atoms with Crippen LogP contribution in [0.5, 0.6) is 0 Å². The molecule has 0 aromatic heterocycles. The number of aliphatic hydroxyl groups excluding tert-OH is 2. The molecule has 34 heavy (non-hydrogen) atoms. The molecule has 188 valence electrons. The lowest BCUT2D eigenvalue weighted by Crippen LogP contribution is -2.64. The molecule has 2 N–H and O–H groups in total. The van der Waals surface area contributed by atoms with Crippen molar-refractivity contribution in [3.05, 3.63) is 36.0 Å². The summed E-state index contributed by atoms with van der Waals surface area (Å²) in [6.07, 6.45) is 5.29. The van der Waals surface area contributed by atoms with Crippen molar-refractivity contribution in [2.75, 3.05) is 20.7 Å². The Bertz CT molecular complexity index is 989. The Morgan fingerprint density at radius 1 is 1.26 bits per heavy atom. The molecule has 1 heterocycles. The molecule has 0 amide bonds. The number of halogens is 1. The molecule has 3 saturated carbocycles. The van der Waals surface area contributed by atoms with E-state index in [4.69, 9.17) is 9.47 Å². The maximum absolute atomic E-state index is 15.8. The lowest BCUT2D eigenvalue weighted by molar-refractivity contribution is -0.211. The summed E-state index contributed by atoms with van der Waals surface area (Å²) in [5.74, 6) is -0.970. The number of alkyl halides is 1. The predicted molar refractivity (Wildman–Crippen MR) is 129 cm³/mol. The summed E-state index contributed by atoms with van der Waals surface area (Å²) in [5.41, 5.74) is -0.0930. The lowest BCUT2D eigenvalue weighted by Gasteiger charge is -2.60. The van der Waals surface area contributed by atoms with Crippen molar-refractivity contribution in [3.63, 3.8) is 0 Å². The highest BCUT2D eigenvalue weighted by Crippen LogP contribution is 2.70. The van der Waals surface area contributed by atoms with E-state index in [0.717, 1.165) is 11.1 Å². The first-order chi connectivity index (χ1) is 15.8. The SMILES string of the molecule is C=C1C=C[C@@]2(C)C(=C1)[C@@H](F)C[C@@H]1[C@@H]2[C@@H](O)C[C@@]2(C)[C@H]1C[C@H]1OC(C)(C)O[C@]12C(CO)=NN(C)C. The standard InChI is InChI=1S/C27H39FN2O4/c1-15-8-9-25(4)18(10-15)19(28)11-16-17-12-22-27(34-24(2,3)33-22,21(14-31)29-30(6)7)26(17,5)13-20(32)23(16)25/h8-10,16-17,19-20,22-23,31-32H,1,11-14H2,2-7H3/t16-,17-,19-,20-,22+,23+,25-,26-,27+/m0/s1. The molecule has 0 aromatic rings. The number of rotatable bonds is 3. The molecule has 0 unspecified atom stereocenters. The molecule has 4 aliphatic carbocycles. The fourth-order valence-electron chi connectivity index (χ4n) is 8.49. The summed E-state index contributed by atoms with van der Waals surface area (Å²) in [6.45, 7) is 11.7. The molecule has 4 fully saturated rings. The van der Waals surface area contributed by atoms with Crippen LogP contribution in [-0.2, 0) is 9.47 Å². The lowest BCUT2D eigenvalue weighted by atomic mass is 9.45. The molecule has 6 nitrogen and oxygen atoms in total. The Balaban J connectivity index is 1.64. The molecule has 0 spiro atoms. The van der Waals surface area contributed by atoms with E-state index in [-0.39, 0.29) is 30.5 Å². The number of nitrogens with zero attached hydrogens (tertiary/aromatic N) is 2. The van der Waals surface area contributed by atoms with Gasteiger partial charge in [0.15, 0.2) is 5.79 Å². The highest BCUT2D eigenvalue weighted by Gasteiger charge is 2.76. The van der Waals surface area contributed by atoms with E-state index >= 15 is 4.39 Å². The number of hydrazone groups is 1. The van der Waals surface area contributed by atoms with E-state index in [1.807, 2.05) is 46.2 Å². The molecule has 1 aliphatic heterocycles. The van der Waals surface area contributed by atoms with Crippen LogP contribution in [-0.4, -0.2) is 71.4 Å². The summed E-state index contributed by atoms with van der Waals surface area (Å²) in [6, 6.07) is 0. The van der Waals surface area contributed by atoms with Crippen LogP contribution >= 0.6 is 0 Å². The zero-order valence-corrected chi connectivity index (χ0v) is 21.2. The van der Waals surface area contributed by atoms with Crippen LogP contribution in [0.1, 0.15) is 47.0 Å². The van der Waals surface area contributed by atoms with Crippen LogP contribution in [0.2, 0.25) is 0 Å². The van der Waals surface area contributed by atoms with E-state index in [1.54, 1.807) is 5.01 Å². The molecule has 0 aromatic carbocycles. The van der Waals surface area contributed by atoms with Crippen molar-refractivity contribution >= 4 is 5.71 Å². The number of hydrogen-bond donors (Lipinski definition) is 2. The first-order valence-electron chi connectivity index (χ1n) is 12.5. The van der Waals surface area contributed by atoms with E-state index in [2.05, 4.69) is 25.5 Å². The van der Waals surface area contributed by atoms with Crippen molar-refractivity contribution in [2.45, 2.75) is 76.7 Å². The van der Waals surface area contributed by atoms with E-state index in [0.29, 0.717) is 25.0 Å².